The van der Waals surface area contributed by atoms with Gasteiger partial charge in [-0.15, -0.1) is 0 Å². The number of nitrogens with zero attached hydrogens (tertiary/aromatic N) is 1. The lowest BCUT2D eigenvalue weighted by molar-refractivity contribution is 0.408. The molecule has 20 heavy (non-hydrogen) atoms. The molecule has 0 saturated carbocycles. The zero-order valence-corrected chi connectivity index (χ0v) is 12.4. The van der Waals surface area contributed by atoms with Gasteiger partial charge in [-0.1, -0.05) is 13.0 Å². The number of ether oxygens (including phenoxy) is 1. The predicted molar refractivity (Wildman–Crippen MR) is 83.0 cm³/mol. The fourth-order valence-electron chi connectivity index (χ4n) is 2.22. The Morgan fingerprint density at radius 1 is 1.15 bits per heavy atom. The molecule has 3 nitrogen and oxygen atoms in total. The van der Waals surface area contributed by atoms with E-state index in [1.165, 1.54) is 16.7 Å². The number of benzene rings is 1. The molecule has 0 atom stereocenters. The quantitative estimate of drug-likeness (QED) is 0.815. The monoisotopic (exact) mass is 270 g/mol. The highest BCUT2D eigenvalue weighted by Gasteiger charge is 2.06. The van der Waals surface area contributed by atoms with Crippen molar-refractivity contribution in [2.24, 2.45) is 0 Å². The van der Waals surface area contributed by atoms with Crippen LogP contribution in [0.1, 0.15) is 24.6 Å². The van der Waals surface area contributed by atoms with Crippen LogP contribution >= 0.6 is 0 Å². The van der Waals surface area contributed by atoms with E-state index in [1.807, 2.05) is 25.3 Å². The molecule has 1 aromatic carbocycles. The topological polar surface area (TPSA) is 34.2 Å². The third-order valence-corrected chi connectivity index (χ3v) is 3.25. The van der Waals surface area contributed by atoms with E-state index in [0.717, 1.165) is 31.0 Å². The van der Waals surface area contributed by atoms with Crippen molar-refractivity contribution >= 4 is 0 Å². The molecule has 0 saturated heterocycles. The Morgan fingerprint density at radius 2 is 1.95 bits per heavy atom. The van der Waals surface area contributed by atoms with Gasteiger partial charge in [0.1, 0.15) is 5.75 Å². The van der Waals surface area contributed by atoms with Crippen molar-refractivity contribution in [3.63, 3.8) is 0 Å². The fourth-order valence-corrected chi connectivity index (χ4v) is 2.22. The minimum Gasteiger partial charge on any atom is -0.496 e. The maximum Gasteiger partial charge on any atom is 0.123 e. The summed E-state index contributed by atoms with van der Waals surface area (Å²) in [6.07, 6.45) is 2.98. The van der Waals surface area contributed by atoms with Crippen LogP contribution in [0.2, 0.25) is 0 Å². The average molecular weight is 270 g/mol. The van der Waals surface area contributed by atoms with Crippen LogP contribution in [-0.2, 0) is 6.54 Å². The van der Waals surface area contributed by atoms with E-state index in [2.05, 4.69) is 35.4 Å². The molecule has 0 fully saturated rings. The van der Waals surface area contributed by atoms with E-state index in [1.54, 1.807) is 7.11 Å². The summed E-state index contributed by atoms with van der Waals surface area (Å²) in [6.45, 7) is 6.02. The first-order valence-electron chi connectivity index (χ1n) is 7.05. The van der Waals surface area contributed by atoms with E-state index in [4.69, 9.17) is 4.74 Å². The van der Waals surface area contributed by atoms with Gasteiger partial charge in [-0.2, -0.15) is 0 Å². The van der Waals surface area contributed by atoms with Crippen LogP contribution in [0.3, 0.4) is 0 Å². The average Bonchev–Trinajstić information content (AvgIpc) is 2.47. The van der Waals surface area contributed by atoms with Crippen molar-refractivity contribution in [3.05, 3.63) is 47.8 Å². The second-order valence-electron chi connectivity index (χ2n) is 4.89. The zero-order chi connectivity index (χ0) is 14.4. The smallest absolute Gasteiger partial charge is 0.123 e. The van der Waals surface area contributed by atoms with Crippen molar-refractivity contribution in [1.29, 1.82) is 0 Å². The molecular weight excluding hydrogens is 248 g/mol. The Hall–Kier alpha value is -1.87. The van der Waals surface area contributed by atoms with Crippen LogP contribution in [0.15, 0.2) is 36.5 Å². The Morgan fingerprint density at radius 3 is 2.65 bits per heavy atom. The molecule has 0 spiro atoms. The van der Waals surface area contributed by atoms with Gasteiger partial charge in [-0.25, -0.2) is 0 Å². The minimum absolute atomic E-state index is 0.828. The van der Waals surface area contributed by atoms with E-state index in [-0.39, 0.29) is 0 Å². The molecule has 1 aromatic heterocycles. The summed E-state index contributed by atoms with van der Waals surface area (Å²) < 4.78 is 5.44. The first kappa shape index (κ1) is 14.5. The number of aromatic nitrogens is 1. The molecular formula is C17H22N2O. The number of pyridine rings is 1. The van der Waals surface area contributed by atoms with Gasteiger partial charge in [0.25, 0.3) is 0 Å². The van der Waals surface area contributed by atoms with E-state index >= 15 is 0 Å². The highest BCUT2D eigenvalue weighted by molar-refractivity contribution is 5.65. The largest absolute Gasteiger partial charge is 0.496 e. The number of aryl methyl sites for hydroxylation is 1. The van der Waals surface area contributed by atoms with E-state index in [0.29, 0.717) is 0 Å². The van der Waals surface area contributed by atoms with Gasteiger partial charge in [0, 0.05) is 24.0 Å². The summed E-state index contributed by atoms with van der Waals surface area (Å²) in [4.78, 5) is 4.25. The summed E-state index contributed by atoms with van der Waals surface area (Å²) in [5.74, 6) is 0.933. The van der Waals surface area contributed by atoms with Crippen molar-refractivity contribution in [2.75, 3.05) is 13.7 Å². The molecule has 0 radical (unpaired) electrons. The SMILES string of the molecule is CCCNCc1cc(-c2ccnc(C)c2)ccc1OC. The number of hydrogen-bond donors (Lipinski definition) is 1. The third-order valence-electron chi connectivity index (χ3n) is 3.25. The van der Waals surface area contributed by atoms with Crippen LogP contribution < -0.4 is 10.1 Å². The summed E-state index contributed by atoms with van der Waals surface area (Å²) in [5, 5.41) is 3.42. The summed E-state index contributed by atoms with van der Waals surface area (Å²) in [7, 11) is 1.72. The van der Waals surface area contributed by atoms with E-state index in [9.17, 15) is 0 Å². The summed E-state index contributed by atoms with van der Waals surface area (Å²) >= 11 is 0. The van der Waals surface area contributed by atoms with Crippen molar-refractivity contribution < 1.29 is 4.74 Å². The van der Waals surface area contributed by atoms with Gasteiger partial charge in [-0.3, -0.25) is 4.98 Å². The molecule has 0 bridgehead atoms. The molecule has 0 aliphatic heterocycles. The van der Waals surface area contributed by atoms with Crippen LogP contribution in [0, 0.1) is 6.92 Å². The van der Waals surface area contributed by atoms with Gasteiger partial charge in [0.05, 0.1) is 7.11 Å². The first-order chi connectivity index (χ1) is 9.74. The van der Waals surface area contributed by atoms with Crippen LogP contribution in [0.5, 0.6) is 5.75 Å². The van der Waals surface area contributed by atoms with Gasteiger partial charge < -0.3 is 10.1 Å². The number of nitrogens with one attached hydrogen (secondary N) is 1. The van der Waals surface area contributed by atoms with Crippen LogP contribution in [0.4, 0.5) is 0 Å². The predicted octanol–water partition coefficient (Wildman–Crippen LogP) is 3.57. The second kappa shape index (κ2) is 7.06. The second-order valence-corrected chi connectivity index (χ2v) is 4.89. The van der Waals surface area contributed by atoms with Gasteiger partial charge in [-0.05, 0) is 55.3 Å². The third kappa shape index (κ3) is 3.58. The van der Waals surface area contributed by atoms with E-state index < -0.39 is 0 Å². The molecule has 2 rings (SSSR count). The van der Waals surface area contributed by atoms with Crippen molar-refractivity contribution in [1.82, 2.24) is 10.3 Å². The van der Waals surface area contributed by atoms with Gasteiger partial charge in [0.15, 0.2) is 0 Å². The highest BCUT2D eigenvalue weighted by atomic mass is 16.5. The molecule has 3 heteroatoms. The molecule has 106 valence electrons. The summed E-state index contributed by atoms with van der Waals surface area (Å²) in [5.41, 5.74) is 4.61. The number of rotatable bonds is 6. The number of hydrogen-bond acceptors (Lipinski definition) is 3. The van der Waals surface area contributed by atoms with Gasteiger partial charge in [0.2, 0.25) is 0 Å². The Kier molecular flexibility index (Phi) is 5.13. The first-order valence-corrected chi connectivity index (χ1v) is 7.05. The Labute approximate surface area is 121 Å². The molecule has 0 amide bonds. The molecule has 0 unspecified atom stereocenters. The highest BCUT2D eigenvalue weighted by Crippen LogP contribution is 2.26. The Balaban J connectivity index is 2.28. The maximum atomic E-state index is 5.44. The summed E-state index contributed by atoms with van der Waals surface area (Å²) in [6, 6.07) is 10.5. The lowest BCUT2D eigenvalue weighted by Crippen LogP contribution is -2.14. The molecule has 1 heterocycles. The van der Waals surface area contributed by atoms with Crippen LogP contribution in [-0.4, -0.2) is 18.6 Å². The standard InChI is InChI=1S/C17H22N2O/c1-4-8-18-12-16-11-14(5-6-17(16)20-3)15-7-9-19-13(2)10-15/h5-7,9-11,18H,4,8,12H2,1-3H3. The molecule has 0 aliphatic rings. The molecule has 2 aromatic rings. The van der Waals surface area contributed by atoms with Gasteiger partial charge >= 0.3 is 0 Å². The van der Waals surface area contributed by atoms with Crippen molar-refractivity contribution in [3.8, 4) is 16.9 Å². The maximum absolute atomic E-state index is 5.44. The lowest BCUT2D eigenvalue weighted by Gasteiger charge is -2.12. The number of methoxy groups -OCH3 is 1. The minimum atomic E-state index is 0.828. The van der Waals surface area contributed by atoms with Crippen molar-refractivity contribution in [2.45, 2.75) is 26.8 Å². The molecule has 0 aliphatic carbocycles. The normalized spacial score (nSPS) is 10.6. The molecule has 1 N–H and O–H groups in total. The zero-order valence-electron chi connectivity index (χ0n) is 12.4. The lowest BCUT2D eigenvalue weighted by atomic mass is 10.0. The fraction of sp³-hybridized carbons (Fsp3) is 0.353. The van der Waals surface area contributed by atoms with Crippen LogP contribution in [0.25, 0.3) is 11.1 Å². The Bertz CT molecular complexity index is 567.